The van der Waals surface area contributed by atoms with Crippen LogP contribution in [-0.4, -0.2) is 0 Å². The second-order valence-corrected chi connectivity index (χ2v) is 12.3. The van der Waals surface area contributed by atoms with Gasteiger partial charge >= 0.3 is 22.4 Å². The molecular weight excluding hydrogens is 657 g/mol. The monoisotopic (exact) mass is 707 g/mol. The van der Waals surface area contributed by atoms with Crippen LogP contribution in [0.15, 0.2) is 36.7 Å². The molecular formula is C33H51AuClN2. The summed E-state index contributed by atoms with van der Waals surface area (Å²) in [5, 5.41) is 0. The normalized spacial score (nSPS) is 13.6. The van der Waals surface area contributed by atoms with Crippen LogP contribution < -0.4 is 22.2 Å². The molecule has 0 aromatic heterocycles. The van der Waals surface area contributed by atoms with Gasteiger partial charge in [0.2, 0.25) is 0 Å². The van der Waals surface area contributed by atoms with Crippen LogP contribution in [-0.2, 0) is 22.4 Å². The molecule has 211 valence electrons. The molecule has 1 radical (unpaired) electrons. The van der Waals surface area contributed by atoms with Gasteiger partial charge < -0.3 is 22.2 Å². The van der Waals surface area contributed by atoms with Crippen LogP contribution in [0.3, 0.4) is 0 Å². The molecule has 37 heavy (non-hydrogen) atoms. The van der Waals surface area contributed by atoms with Gasteiger partial charge in [0.1, 0.15) is 0 Å². The maximum Gasteiger partial charge on any atom is 1.00 e. The Morgan fingerprint density at radius 3 is 0.892 bits per heavy atom. The quantitative estimate of drug-likeness (QED) is 0.261. The predicted molar refractivity (Wildman–Crippen MR) is 158 cm³/mol. The van der Waals surface area contributed by atoms with E-state index in [1.807, 2.05) is 0 Å². The van der Waals surface area contributed by atoms with Gasteiger partial charge in [-0.2, -0.15) is 0 Å². The van der Waals surface area contributed by atoms with E-state index in [0.29, 0.717) is 35.5 Å². The first-order valence-electron chi connectivity index (χ1n) is 13.8. The van der Waals surface area contributed by atoms with E-state index < -0.39 is 0 Å². The van der Waals surface area contributed by atoms with Crippen LogP contribution in [0.2, 0.25) is 0 Å². The van der Waals surface area contributed by atoms with Crippen molar-refractivity contribution in [3.8, 4) is 0 Å². The summed E-state index contributed by atoms with van der Waals surface area (Å²) in [6, 6.07) is 9.77. The minimum Gasteiger partial charge on any atom is -1.00 e. The SMILES string of the molecule is CC(C)c1cc(C(C)C)c(N2[CH]N(c3c(C(C)C)cc(C(C)C)cc3C(C)C)C=C2)c(C(C)C)c1.[Au+].[Cl-].[HH]. The summed E-state index contributed by atoms with van der Waals surface area (Å²) in [5.74, 6) is 2.88. The van der Waals surface area contributed by atoms with Crippen molar-refractivity contribution in [2.24, 2.45) is 0 Å². The number of benzene rings is 2. The van der Waals surface area contributed by atoms with E-state index in [0.717, 1.165) is 0 Å². The summed E-state index contributed by atoms with van der Waals surface area (Å²) in [4.78, 5) is 4.75. The van der Waals surface area contributed by atoms with Crippen LogP contribution in [0, 0.1) is 6.67 Å². The molecule has 2 nitrogen and oxygen atoms in total. The molecule has 2 aromatic carbocycles. The Morgan fingerprint density at radius 2 is 0.703 bits per heavy atom. The number of anilines is 2. The number of nitrogens with zero attached hydrogens (tertiary/aromatic N) is 2. The summed E-state index contributed by atoms with van der Waals surface area (Å²) >= 11 is 0. The molecule has 0 unspecified atom stereocenters. The van der Waals surface area contributed by atoms with Gasteiger partial charge in [0.25, 0.3) is 0 Å². The largest absolute Gasteiger partial charge is 1.00 e. The topological polar surface area (TPSA) is 6.48 Å². The Balaban J connectivity index is 0.00000456. The molecule has 0 bridgehead atoms. The Hall–Kier alpha value is -1.19. The molecule has 0 fully saturated rings. The van der Waals surface area contributed by atoms with E-state index in [1.54, 1.807) is 0 Å². The van der Waals surface area contributed by atoms with E-state index >= 15 is 0 Å². The van der Waals surface area contributed by atoms with Crippen molar-refractivity contribution < 1.29 is 36.2 Å². The molecule has 1 heterocycles. The van der Waals surface area contributed by atoms with Crippen molar-refractivity contribution in [3.63, 3.8) is 0 Å². The molecule has 0 spiro atoms. The third-order valence-corrected chi connectivity index (χ3v) is 7.36. The zero-order valence-electron chi connectivity index (χ0n) is 25.1. The standard InChI is InChI=1S/C33H49N2.Au.ClH.H2/c1-20(2)26-15-28(22(5)6)32(29(16-26)23(7)8)34-13-14-35(19-34)33-30(24(9)10)17-27(21(3)4)18-31(33)25(11)12;;;/h13-25H,1-12H3;;2*1H/q;+1;;/p-1. The summed E-state index contributed by atoms with van der Waals surface area (Å²) in [5.41, 5.74) is 11.3. The molecule has 0 saturated heterocycles. The Bertz CT molecular complexity index is 931. The molecule has 0 atom stereocenters. The zero-order chi connectivity index (χ0) is 26.2. The van der Waals surface area contributed by atoms with E-state index in [9.17, 15) is 0 Å². The Kier molecular flexibility index (Phi) is 12.6. The molecule has 1 aliphatic rings. The first kappa shape index (κ1) is 33.8. The molecule has 4 heteroatoms. The van der Waals surface area contributed by atoms with E-state index in [4.69, 9.17) is 0 Å². The summed E-state index contributed by atoms with van der Waals surface area (Å²) in [7, 11) is 0. The number of rotatable bonds is 8. The van der Waals surface area contributed by atoms with Gasteiger partial charge in [-0.3, -0.25) is 0 Å². The zero-order valence-corrected chi connectivity index (χ0v) is 28.0. The third-order valence-electron chi connectivity index (χ3n) is 7.36. The van der Waals surface area contributed by atoms with Gasteiger partial charge in [-0.1, -0.05) is 107 Å². The maximum atomic E-state index is 2.44. The first-order valence-corrected chi connectivity index (χ1v) is 13.8. The molecule has 2 aromatic rings. The second-order valence-electron chi connectivity index (χ2n) is 12.3. The van der Waals surface area contributed by atoms with Gasteiger partial charge in [-0.05, 0) is 68.9 Å². The molecule has 0 saturated carbocycles. The smallest absolute Gasteiger partial charge is 1.00 e. The number of hydrogen-bond acceptors (Lipinski definition) is 2. The molecule has 0 N–H and O–H groups in total. The van der Waals surface area contributed by atoms with Crippen LogP contribution in [0.25, 0.3) is 0 Å². The van der Waals surface area contributed by atoms with Crippen molar-refractivity contribution in [2.45, 2.75) is 119 Å². The first-order chi connectivity index (χ1) is 16.3. The fourth-order valence-corrected chi connectivity index (χ4v) is 5.05. The van der Waals surface area contributed by atoms with E-state index in [2.05, 4.69) is 136 Å². The average molecular weight is 708 g/mol. The summed E-state index contributed by atoms with van der Waals surface area (Å²) in [6.07, 6.45) is 4.51. The van der Waals surface area contributed by atoms with Crippen molar-refractivity contribution >= 4 is 11.4 Å². The second kappa shape index (κ2) is 13.7. The number of hydrogen-bond donors (Lipinski definition) is 0. The fourth-order valence-electron chi connectivity index (χ4n) is 5.05. The Morgan fingerprint density at radius 1 is 0.459 bits per heavy atom. The minimum absolute atomic E-state index is 0. The van der Waals surface area contributed by atoms with Gasteiger partial charge in [-0.25, -0.2) is 0 Å². The maximum absolute atomic E-state index is 2.44. The summed E-state index contributed by atoms with van der Waals surface area (Å²) in [6.45, 7) is 30.1. The molecule has 3 rings (SSSR count). The van der Waals surface area contributed by atoms with Gasteiger partial charge in [0.05, 0.1) is 0 Å². The minimum atomic E-state index is 0. The van der Waals surface area contributed by atoms with Crippen LogP contribution in [0.4, 0.5) is 11.4 Å². The third kappa shape index (κ3) is 7.27. The van der Waals surface area contributed by atoms with Crippen LogP contribution in [0.1, 0.15) is 153 Å². The van der Waals surface area contributed by atoms with Crippen molar-refractivity contribution in [3.05, 3.63) is 76.7 Å². The molecule has 0 amide bonds. The van der Waals surface area contributed by atoms with Crippen molar-refractivity contribution in [1.82, 2.24) is 0 Å². The molecule has 0 aliphatic carbocycles. The van der Waals surface area contributed by atoms with Gasteiger partial charge in [0, 0.05) is 25.2 Å². The van der Waals surface area contributed by atoms with Gasteiger partial charge in [0.15, 0.2) is 6.67 Å². The fraction of sp³-hybridized carbons (Fsp3) is 0.545. The van der Waals surface area contributed by atoms with Gasteiger partial charge in [-0.15, -0.1) is 0 Å². The Labute approximate surface area is 251 Å². The summed E-state index contributed by atoms with van der Waals surface area (Å²) < 4.78 is 0. The van der Waals surface area contributed by atoms with E-state index in [1.165, 1.54) is 44.8 Å². The van der Waals surface area contributed by atoms with Crippen LogP contribution >= 0.6 is 0 Å². The molecule has 1 aliphatic heterocycles. The average Bonchev–Trinajstić information content (AvgIpc) is 3.26. The van der Waals surface area contributed by atoms with Crippen molar-refractivity contribution in [2.75, 3.05) is 9.80 Å². The van der Waals surface area contributed by atoms with Crippen molar-refractivity contribution in [1.29, 1.82) is 0 Å². The van der Waals surface area contributed by atoms with E-state index in [-0.39, 0.29) is 36.2 Å². The number of halogens is 1. The predicted octanol–water partition coefficient (Wildman–Crippen LogP) is 7.59. The van der Waals surface area contributed by atoms with Crippen LogP contribution in [0.5, 0.6) is 0 Å².